The highest BCUT2D eigenvalue weighted by molar-refractivity contribution is 5.82. The van der Waals surface area contributed by atoms with Gasteiger partial charge in [0.05, 0.1) is 26.8 Å². The molecule has 3 heterocycles. The van der Waals surface area contributed by atoms with Crippen molar-refractivity contribution in [3.63, 3.8) is 0 Å². The maximum absolute atomic E-state index is 13.2. The number of nitrogens with zero attached hydrogens (tertiary/aromatic N) is 4. The van der Waals surface area contributed by atoms with Gasteiger partial charge in [0.15, 0.2) is 11.8 Å². The Hall–Kier alpha value is -3.96. The molecule has 2 atom stereocenters. The number of hydrogen-bond acceptors (Lipinski definition) is 8. The number of rotatable bonds is 14. The Morgan fingerprint density at radius 2 is 1.54 bits per heavy atom. The molecule has 50 heavy (non-hydrogen) atoms. The van der Waals surface area contributed by atoms with Gasteiger partial charge in [0.1, 0.15) is 17.7 Å². The molecule has 5 N–H and O–H groups in total. The van der Waals surface area contributed by atoms with Crippen LogP contribution in [0.2, 0.25) is 0 Å². The highest BCUT2D eigenvalue weighted by atomic mass is 16.5. The van der Waals surface area contributed by atoms with Gasteiger partial charge in [-0.25, -0.2) is 9.97 Å². The fourth-order valence-electron chi connectivity index (χ4n) is 8.09. The molecule has 1 aliphatic heterocycles. The maximum Gasteiger partial charge on any atom is 0.245 e. The molecule has 0 aromatic carbocycles. The molecule has 2 aromatic rings. The highest BCUT2D eigenvalue weighted by Gasteiger charge is 2.36. The summed E-state index contributed by atoms with van der Waals surface area (Å²) in [7, 11) is 3.02. The molecule has 12 nitrogen and oxygen atoms in total. The molecule has 1 saturated heterocycles. The van der Waals surface area contributed by atoms with Gasteiger partial charge in [0.2, 0.25) is 11.8 Å². The van der Waals surface area contributed by atoms with E-state index < -0.39 is 6.04 Å². The second kappa shape index (κ2) is 18.9. The fraction of sp³-hybridized carbons (Fsp3) is 0.684. The Balaban J connectivity index is 0.00000105. The molecular weight excluding hydrogens is 632 g/mol. The molecule has 2 saturated carbocycles. The zero-order chi connectivity index (χ0) is 36.2. The van der Waals surface area contributed by atoms with Crippen LogP contribution in [0.4, 0.5) is 0 Å². The van der Waals surface area contributed by atoms with Crippen molar-refractivity contribution in [1.82, 2.24) is 35.1 Å². The summed E-state index contributed by atoms with van der Waals surface area (Å²) in [5.41, 5.74) is 7.36. The van der Waals surface area contributed by atoms with Gasteiger partial charge in [-0.2, -0.15) is 0 Å². The quantitative estimate of drug-likeness (QED) is 0.167. The number of aromatic amines is 2. The zero-order valence-corrected chi connectivity index (χ0v) is 31.1. The molecular formula is C38H62N8O4. The van der Waals surface area contributed by atoms with Crippen LogP contribution < -0.4 is 11.1 Å². The number of nitrogens with two attached hydrogens (primary N) is 1. The van der Waals surface area contributed by atoms with Gasteiger partial charge in [-0.05, 0) is 103 Å². The van der Waals surface area contributed by atoms with Crippen molar-refractivity contribution in [1.29, 1.82) is 0 Å². The standard InChI is InChI=1S/C35H55N7O3.C3H7NO/c1-6-18-41(33(43)7-2)22-32-36-20-29(39-32)27-14-10-25(11-15-27)26-12-16-28(17-13-26)30-21-37-34(40-30)31-9-8-19-42(31)35(44)23(3)38-24(4)45-5;1-3(4)5-2/h20-21,23,25-28,31,38H,4,6-19,22H2,1-3,5H3,(H,36,39)(H,37,40);1,4H2,2H3. The topological polar surface area (TPSA) is 154 Å². The van der Waals surface area contributed by atoms with E-state index in [0.717, 1.165) is 55.8 Å². The third kappa shape index (κ3) is 10.3. The number of H-pyrrole nitrogens is 2. The second-order valence-electron chi connectivity index (χ2n) is 14.3. The van der Waals surface area contributed by atoms with E-state index in [1.165, 1.54) is 69.9 Å². The molecule has 0 spiro atoms. The van der Waals surface area contributed by atoms with E-state index in [0.29, 0.717) is 30.7 Å². The van der Waals surface area contributed by atoms with Gasteiger partial charge in [0, 0.05) is 55.1 Å². The summed E-state index contributed by atoms with van der Waals surface area (Å²) in [6.07, 6.45) is 17.4. The van der Waals surface area contributed by atoms with E-state index in [2.05, 4.69) is 45.1 Å². The molecule has 0 bridgehead atoms. The number of amides is 2. The first-order valence-corrected chi connectivity index (χ1v) is 18.7. The van der Waals surface area contributed by atoms with Crippen LogP contribution >= 0.6 is 0 Å². The number of aromatic nitrogens is 4. The molecule has 0 radical (unpaired) electrons. The summed E-state index contributed by atoms with van der Waals surface area (Å²) in [4.78, 5) is 46.0. The lowest BCUT2D eigenvalue weighted by molar-refractivity contribution is -0.134. The van der Waals surface area contributed by atoms with E-state index in [1.54, 1.807) is 7.11 Å². The third-order valence-electron chi connectivity index (χ3n) is 11.0. The van der Waals surface area contributed by atoms with Crippen molar-refractivity contribution in [2.24, 2.45) is 17.6 Å². The average Bonchev–Trinajstić information content (AvgIpc) is 3.93. The minimum atomic E-state index is -0.395. The second-order valence-corrected chi connectivity index (χ2v) is 14.3. The van der Waals surface area contributed by atoms with Crippen molar-refractivity contribution in [3.8, 4) is 0 Å². The van der Waals surface area contributed by atoms with Crippen LogP contribution in [-0.4, -0.2) is 74.9 Å². The van der Waals surface area contributed by atoms with Crippen molar-refractivity contribution >= 4 is 11.8 Å². The number of hydrogen-bond donors (Lipinski definition) is 4. The Morgan fingerprint density at radius 3 is 2.08 bits per heavy atom. The first-order valence-electron chi connectivity index (χ1n) is 18.7. The zero-order valence-electron chi connectivity index (χ0n) is 31.1. The predicted octanol–water partition coefficient (Wildman–Crippen LogP) is 6.35. The summed E-state index contributed by atoms with van der Waals surface area (Å²) in [6, 6.07) is -0.397. The van der Waals surface area contributed by atoms with Crippen molar-refractivity contribution in [2.45, 2.75) is 128 Å². The number of likely N-dealkylation sites (tertiary alicyclic amines) is 1. The largest absolute Gasteiger partial charge is 0.483 e. The van der Waals surface area contributed by atoms with Gasteiger partial charge in [-0.15, -0.1) is 0 Å². The SMILES string of the molecule is C=C(N)OC.C=C(NC(C)C(=O)N1CCCC1c1ncc(C2CCC(C3CCC(c4cnc(CN(CCC)C(=O)CC)[nH]4)CC3)CC2)[nH]1)OC. The molecule has 278 valence electrons. The summed E-state index contributed by atoms with van der Waals surface area (Å²) >= 11 is 0. The lowest BCUT2D eigenvalue weighted by Gasteiger charge is -2.37. The van der Waals surface area contributed by atoms with Crippen molar-refractivity contribution < 1.29 is 19.1 Å². The van der Waals surface area contributed by atoms with Crippen LogP contribution in [0.5, 0.6) is 0 Å². The van der Waals surface area contributed by atoms with E-state index in [-0.39, 0.29) is 23.7 Å². The molecule has 5 rings (SSSR count). The van der Waals surface area contributed by atoms with Crippen LogP contribution in [0, 0.1) is 11.8 Å². The van der Waals surface area contributed by atoms with Crippen molar-refractivity contribution in [3.05, 3.63) is 60.4 Å². The molecule has 2 amide bonds. The monoisotopic (exact) mass is 694 g/mol. The number of nitrogens with one attached hydrogen (secondary N) is 3. The third-order valence-corrected chi connectivity index (χ3v) is 11.0. The normalized spacial score (nSPS) is 24.0. The minimum absolute atomic E-state index is 0.00195. The Kier molecular flexibility index (Phi) is 14.7. The van der Waals surface area contributed by atoms with Gasteiger partial charge >= 0.3 is 0 Å². The molecule has 3 fully saturated rings. The molecule has 2 aromatic heterocycles. The summed E-state index contributed by atoms with van der Waals surface area (Å²) in [5.74, 6) is 5.42. The number of carbonyl (C=O) groups is 2. The Bertz CT molecular complexity index is 1390. The van der Waals surface area contributed by atoms with Gasteiger partial charge in [-0.1, -0.05) is 13.8 Å². The van der Waals surface area contributed by atoms with Crippen LogP contribution in [0.25, 0.3) is 0 Å². The lowest BCUT2D eigenvalue weighted by atomic mass is 9.68. The minimum Gasteiger partial charge on any atom is -0.483 e. The first-order chi connectivity index (χ1) is 24.1. The molecule has 3 aliphatic rings. The van der Waals surface area contributed by atoms with Gasteiger partial charge in [0.25, 0.3) is 0 Å². The van der Waals surface area contributed by atoms with Gasteiger partial charge < -0.3 is 40.3 Å². The van der Waals surface area contributed by atoms with E-state index in [9.17, 15) is 9.59 Å². The van der Waals surface area contributed by atoms with Crippen LogP contribution in [-0.2, 0) is 25.6 Å². The molecule has 2 aliphatic carbocycles. The highest BCUT2D eigenvalue weighted by Crippen LogP contribution is 2.45. The Labute approximate surface area is 299 Å². The number of methoxy groups -OCH3 is 2. The number of carbonyl (C=O) groups excluding carboxylic acids is 2. The predicted molar refractivity (Wildman–Crippen MR) is 195 cm³/mol. The lowest BCUT2D eigenvalue weighted by Crippen LogP contribution is -2.44. The summed E-state index contributed by atoms with van der Waals surface area (Å²) in [5, 5.41) is 3.04. The summed E-state index contributed by atoms with van der Waals surface area (Å²) in [6.45, 7) is 15.0. The number of imidazole rings is 2. The smallest absolute Gasteiger partial charge is 0.245 e. The first kappa shape index (κ1) is 38.8. The average molecular weight is 695 g/mol. The fourth-order valence-corrected chi connectivity index (χ4v) is 8.09. The van der Waals surface area contributed by atoms with Crippen molar-refractivity contribution in [2.75, 3.05) is 27.3 Å². The van der Waals surface area contributed by atoms with Crippen LogP contribution in [0.1, 0.15) is 139 Å². The van der Waals surface area contributed by atoms with E-state index >= 15 is 0 Å². The molecule has 2 unspecified atom stereocenters. The van der Waals surface area contributed by atoms with E-state index in [1.807, 2.05) is 36.0 Å². The number of ether oxygens (including phenoxy) is 2. The van der Waals surface area contributed by atoms with E-state index in [4.69, 9.17) is 15.5 Å². The maximum atomic E-state index is 13.2. The summed E-state index contributed by atoms with van der Waals surface area (Å²) < 4.78 is 9.44. The van der Waals surface area contributed by atoms with Gasteiger partial charge in [-0.3, -0.25) is 9.59 Å². The Morgan fingerprint density at radius 1 is 0.960 bits per heavy atom. The van der Waals surface area contributed by atoms with Crippen LogP contribution in [0.3, 0.4) is 0 Å². The molecule has 12 heteroatoms. The van der Waals surface area contributed by atoms with Crippen LogP contribution in [0.15, 0.2) is 37.3 Å².